The average Bonchev–Trinajstić information content (AvgIpc) is 2.55. The van der Waals surface area contributed by atoms with Gasteiger partial charge in [0.2, 0.25) is 0 Å². The first-order valence-electron chi connectivity index (χ1n) is 7.16. The van der Waals surface area contributed by atoms with Crippen LogP contribution >= 0.6 is 0 Å². The first-order valence-corrected chi connectivity index (χ1v) is 7.16. The summed E-state index contributed by atoms with van der Waals surface area (Å²) in [5, 5.41) is 18.7. The van der Waals surface area contributed by atoms with Gasteiger partial charge in [0.25, 0.3) is 0 Å². The summed E-state index contributed by atoms with van der Waals surface area (Å²) < 4.78 is 0. The third-order valence-electron chi connectivity index (χ3n) is 3.54. The van der Waals surface area contributed by atoms with E-state index in [1.54, 1.807) is 0 Å². The summed E-state index contributed by atoms with van der Waals surface area (Å²) >= 11 is 0. The normalized spacial score (nSPS) is 12.0. The lowest BCUT2D eigenvalue weighted by molar-refractivity contribution is 0.119. The monoisotopic (exact) mass is 280 g/mol. The van der Waals surface area contributed by atoms with Gasteiger partial charge in [-0.15, -0.1) is 0 Å². The molecule has 0 saturated heterocycles. The van der Waals surface area contributed by atoms with E-state index >= 15 is 0 Å². The Morgan fingerprint density at radius 3 is 2.19 bits per heavy atom. The van der Waals surface area contributed by atoms with E-state index in [9.17, 15) is 5.11 Å². The molecule has 1 atom stereocenters. The van der Waals surface area contributed by atoms with E-state index in [1.165, 1.54) is 5.56 Å². The maximum absolute atomic E-state index is 9.80. The second-order valence-electron chi connectivity index (χ2n) is 4.97. The van der Waals surface area contributed by atoms with Crippen LogP contribution in [0, 0.1) is 11.3 Å². The molecule has 0 amide bonds. The fourth-order valence-electron chi connectivity index (χ4n) is 2.46. The number of hydrogen-bond acceptors (Lipinski definition) is 3. The fraction of sp³-hybridized carbons (Fsp3) is 0.278. The van der Waals surface area contributed by atoms with Crippen molar-refractivity contribution in [3.8, 4) is 6.07 Å². The minimum atomic E-state index is -0.0836. The number of benzene rings is 2. The number of aliphatic hydroxyl groups is 1. The molecular weight excluding hydrogens is 260 g/mol. The predicted octanol–water partition coefficient (Wildman–Crippen LogP) is 3.14. The molecule has 108 valence electrons. The summed E-state index contributed by atoms with van der Waals surface area (Å²) in [6.07, 6.45) is 0.455. The summed E-state index contributed by atoms with van der Waals surface area (Å²) in [6.45, 7) is 1.41. The Bertz CT molecular complexity index is 563. The fourth-order valence-corrected chi connectivity index (χ4v) is 2.46. The standard InChI is InChI=1S/C18H20N2O/c19-12-7-13-20(14-16-8-3-1-4-9-16)18(15-21)17-10-5-2-6-11-17/h1-6,8-11,18,21H,7,13-15H2/t18-/m1/s1. The van der Waals surface area contributed by atoms with Crippen molar-refractivity contribution in [2.24, 2.45) is 0 Å². The van der Waals surface area contributed by atoms with Crippen molar-refractivity contribution in [1.82, 2.24) is 4.90 Å². The Morgan fingerprint density at radius 2 is 1.62 bits per heavy atom. The number of nitrogens with zero attached hydrogens (tertiary/aromatic N) is 2. The maximum atomic E-state index is 9.80. The van der Waals surface area contributed by atoms with Crippen LogP contribution in [-0.4, -0.2) is 23.2 Å². The minimum Gasteiger partial charge on any atom is -0.394 e. The van der Waals surface area contributed by atoms with Gasteiger partial charge in [-0.25, -0.2) is 0 Å². The van der Waals surface area contributed by atoms with Crippen LogP contribution in [0.3, 0.4) is 0 Å². The lowest BCUT2D eigenvalue weighted by atomic mass is 10.0. The van der Waals surface area contributed by atoms with Crippen molar-refractivity contribution in [3.05, 3.63) is 71.8 Å². The molecule has 2 aromatic rings. The van der Waals surface area contributed by atoms with Crippen LogP contribution in [0.4, 0.5) is 0 Å². The molecule has 0 fully saturated rings. The van der Waals surface area contributed by atoms with Crippen LogP contribution in [-0.2, 0) is 6.54 Å². The summed E-state index contributed by atoms with van der Waals surface area (Å²) in [5.74, 6) is 0. The van der Waals surface area contributed by atoms with Crippen molar-refractivity contribution in [2.75, 3.05) is 13.2 Å². The molecule has 2 aromatic carbocycles. The van der Waals surface area contributed by atoms with E-state index in [1.807, 2.05) is 48.5 Å². The maximum Gasteiger partial charge on any atom is 0.0635 e. The zero-order valence-electron chi connectivity index (χ0n) is 12.0. The molecule has 1 N–H and O–H groups in total. The molecule has 0 aliphatic carbocycles. The van der Waals surface area contributed by atoms with Gasteiger partial charge in [-0.05, 0) is 11.1 Å². The second kappa shape index (κ2) is 8.21. The second-order valence-corrected chi connectivity index (χ2v) is 4.97. The minimum absolute atomic E-state index is 0.0439. The zero-order valence-corrected chi connectivity index (χ0v) is 12.0. The first-order chi connectivity index (χ1) is 10.3. The van der Waals surface area contributed by atoms with Gasteiger partial charge >= 0.3 is 0 Å². The molecule has 2 rings (SSSR count). The predicted molar refractivity (Wildman–Crippen MR) is 83.4 cm³/mol. The molecule has 0 radical (unpaired) electrons. The van der Waals surface area contributed by atoms with E-state index in [-0.39, 0.29) is 12.6 Å². The summed E-state index contributed by atoms with van der Waals surface area (Å²) in [4.78, 5) is 2.16. The quantitative estimate of drug-likeness (QED) is 0.847. The molecular formula is C18H20N2O. The molecule has 0 unspecified atom stereocenters. The summed E-state index contributed by atoms with van der Waals surface area (Å²) in [6, 6.07) is 22.2. The highest BCUT2D eigenvalue weighted by atomic mass is 16.3. The molecule has 21 heavy (non-hydrogen) atoms. The first kappa shape index (κ1) is 15.2. The molecule has 3 nitrogen and oxygen atoms in total. The van der Waals surface area contributed by atoms with Gasteiger partial charge < -0.3 is 5.11 Å². The Kier molecular flexibility index (Phi) is 5.96. The van der Waals surface area contributed by atoms with Gasteiger partial charge in [0, 0.05) is 19.5 Å². The SMILES string of the molecule is N#CCCN(Cc1ccccc1)[C@H](CO)c1ccccc1. The van der Waals surface area contributed by atoms with E-state index in [0.29, 0.717) is 13.0 Å². The van der Waals surface area contributed by atoms with Crippen LogP contribution < -0.4 is 0 Å². The Labute approximate surface area is 126 Å². The average molecular weight is 280 g/mol. The van der Waals surface area contributed by atoms with Crippen LogP contribution in [0.2, 0.25) is 0 Å². The molecule has 0 saturated carbocycles. The van der Waals surface area contributed by atoms with Crippen molar-refractivity contribution < 1.29 is 5.11 Å². The molecule has 0 bridgehead atoms. The van der Waals surface area contributed by atoms with Crippen molar-refractivity contribution in [3.63, 3.8) is 0 Å². The molecule has 0 heterocycles. The van der Waals surface area contributed by atoms with E-state index in [2.05, 4.69) is 23.1 Å². The number of hydrogen-bond donors (Lipinski definition) is 1. The van der Waals surface area contributed by atoms with Crippen molar-refractivity contribution in [2.45, 2.75) is 19.0 Å². The molecule has 0 aliphatic rings. The Morgan fingerprint density at radius 1 is 1.00 bits per heavy atom. The number of nitriles is 1. The highest BCUT2D eigenvalue weighted by Crippen LogP contribution is 2.22. The molecule has 0 spiro atoms. The van der Waals surface area contributed by atoms with Gasteiger partial charge in [-0.2, -0.15) is 5.26 Å². The van der Waals surface area contributed by atoms with Crippen LogP contribution in [0.5, 0.6) is 0 Å². The van der Waals surface area contributed by atoms with Gasteiger partial charge in [0.1, 0.15) is 0 Å². The van der Waals surface area contributed by atoms with Crippen molar-refractivity contribution >= 4 is 0 Å². The Balaban J connectivity index is 2.19. The third-order valence-corrected chi connectivity index (χ3v) is 3.54. The number of aliphatic hydroxyl groups excluding tert-OH is 1. The van der Waals surface area contributed by atoms with E-state index in [4.69, 9.17) is 5.26 Å². The lowest BCUT2D eigenvalue weighted by Crippen LogP contribution is -2.31. The van der Waals surface area contributed by atoms with Crippen LogP contribution in [0.15, 0.2) is 60.7 Å². The molecule has 0 aliphatic heterocycles. The smallest absolute Gasteiger partial charge is 0.0635 e. The molecule has 3 heteroatoms. The largest absolute Gasteiger partial charge is 0.394 e. The van der Waals surface area contributed by atoms with Gasteiger partial charge in [-0.1, -0.05) is 60.7 Å². The van der Waals surface area contributed by atoms with Gasteiger partial charge in [0.05, 0.1) is 18.7 Å². The van der Waals surface area contributed by atoms with Crippen LogP contribution in [0.25, 0.3) is 0 Å². The highest BCUT2D eigenvalue weighted by molar-refractivity contribution is 5.20. The lowest BCUT2D eigenvalue weighted by Gasteiger charge is -2.30. The van der Waals surface area contributed by atoms with Crippen molar-refractivity contribution in [1.29, 1.82) is 5.26 Å². The van der Waals surface area contributed by atoms with Gasteiger partial charge in [-0.3, -0.25) is 4.90 Å². The van der Waals surface area contributed by atoms with Crippen LogP contribution in [0.1, 0.15) is 23.6 Å². The molecule has 0 aromatic heterocycles. The summed E-state index contributed by atoms with van der Waals surface area (Å²) in [7, 11) is 0. The highest BCUT2D eigenvalue weighted by Gasteiger charge is 2.19. The number of rotatable bonds is 7. The van der Waals surface area contributed by atoms with Gasteiger partial charge in [0.15, 0.2) is 0 Å². The van der Waals surface area contributed by atoms with E-state index in [0.717, 1.165) is 12.1 Å². The Hall–Kier alpha value is -2.15. The van der Waals surface area contributed by atoms with E-state index < -0.39 is 0 Å². The summed E-state index contributed by atoms with van der Waals surface area (Å²) in [5.41, 5.74) is 2.26. The zero-order chi connectivity index (χ0) is 14.9. The third kappa shape index (κ3) is 4.42. The topological polar surface area (TPSA) is 47.3 Å².